The second-order valence-electron chi connectivity index (χ2n) is 7.49. The fraction of sp³-hybridized carbons (Fsp3) is 0.125. The lowest BCUT2D eigenvalue weighted by molar-refractivity contribution is -0.617. The van der Waals surface area contributed by atoms with E-state index in [2.05, 4.69) is 0 Å². The Hall–Kier alpha value is -3.78. The van der Waals surface area contributed by atoms with Crippen molar-refractivity contribution in [2.24, 2.45) is 7.05 Å². The highest BCUT2D eigenvalue weighted by Crippen LogP contribution is 2.28. The minimum atomic E-state index is -4.41. The third-order valence-electron chi connectivity index (χ3n) is 5.40. The molecular formula is C24H21N2O5S+. The van der Waals surface area contributed by atoms with E-state index in [-0.39, 0.29) is 10.5 Å². The minimum absolute atomic E-state index is 0.145. The molecule has 0 radical (unpaired) electrons. The first kappa shape index (κ1) is 21.5. The summed E-state index contributed by atoms with van der Waals surface area (Å²) in [4.78, 5) is 25.2. The van der Waals surface area contributed by atoms with Crippen LogP contribution in [-0.2, 0) is 21.9 Å². The Bertz CT molecular complexity index is 1420. The number of rotatable bonds is 5. The fourth-order valence-electron chi connectivity index (χ4n) is 3.81. The lowest BCUT2D eigenvalue weighted by atomic mass is 10.0. The highest BCUT2D eigenvalue weighted by atomic mass is 32.2. The molecule has 0 aliphatic carbocycles. The highest BCUT2D eigenvalue weighted by Gasteiger charge is 2.35. The van der Waals surface area contributed by atoms with Crippen molar-refractivity contribution in [2.45, 2.75) is 11.8 Å². The average Bonchev–Trinajstić information content (AvgIpc) is 2.78. The number of amides is 1. The molecule has 0 spiro atoms. The third kappa shape index (κ3) is 3.58. The van der Waals surface area contributed by atoms with Crippen LogP contribution in [0.1, 0.15) is 15.9 Å². The van der Waals surface area contributed by atoms with Crippen LogP contribution < -0.4 is 4.57 Å². The fourth-order valence-corrected chi connectivity index (χ4v) is 5.14. The monoisotopic (exact) mass is 449 g/mol. The van der Waals surface area contributed by atoms with Crippen LogP contribution in [0.4, 0.5) is 0 Å². The van der Waals surface area contributed by atoms with Crippen molar-refractivity contribution >= 4 is 43.7 Å². The summed E-state index contributed by atoms with van der Waals surface area (Å²) in [6.45, 7) is 0.817. The number of benzene rings is 3. The lowest BCUT2D eigenvalue weighted by Gasteiger charge is -2.22. The number of aryl methyl sites for hydroxylation is 2. The van der Waals surface area contributed by atoms with E-state index in [9.17, 15) is 23.1 Å². The molecule has 0 fully saturated rings. The van der Waals surface area contributed by atoms with Crippen molar-refractivity contribution in [3.63, 3.8) is 0 Å². The number of para-hydroxylation sites is 2. The number of carbonyl (C=O) groups excluding carboxylic acids is 1. The van der Waals surface area contributed by atoms with Gasteiger partial charge in [0.05, 0.1) is 21.2 Å². The van der Waals surface area contributed by atoms with Crippen LogP contribution >= 0.6 is 0 Å². The molecule has 8 heteroatoms. The normalized spacial score (nSPS) is 11.6. The number of carbonyl (C=O) groups is 2. The van der Waals surface area contributed by atoms with Crippen molar-refractivity contribution in [3.8, 4) is 0 Å². The summed E-state index contributed by atoms with van der Waals surface area (Å²) in [6, 6.07) is 20.2. The summed E-state index contributed by atoms with van der Waals surface area (Å²) in [7, 11) is -2.55. The number of aliphatic carboxylic acids is 1. The summed E-state index contributed by atoms with van der Waals surface area (Å²) >= 11 is 0. The van der Waals surface area contributed by atoms with Crippen LogP contribution in [0.3, 0.4) is 0 Å². The first-order valence-electron chi connectivity index (χ1n) is 9.87. The molecule has 4 aromatic rings. The molecule has 1 N–H and O–H groups in total. The molecule has 1 amide bonds. The Kier molecular flexibility index (Phi) is 5.40. The number of carboxylic acid groups (broad SMARTS) is 1. The van der Waals surface area contributed by atoms with Crippen molar-refractivity contribution in [1.82, 2.24) is 4.31 Å². The maximum atomic E-state index is 13.8. The van der Waals surface area contributed by atoms with Crippen LogP contribution in [0.25, 0.3) is 21.8 Å². The third-order valence-corrected chi connectivity index (χ3v) is 7.14. The van der Waals surface area contributed by atoms with Crippen LogP contribution in [0.2, 0.25) is 0 Å². The summed E-state index contributed by atoms with van der Waals surface area (Å²) in [5.41, 5.74) is 2.42. The molecule has 0 saturated heterocycles. The predicted molar refractivity (Wildman–Crippen MR) is 120 cm³/mol. The SMILES string of the molecule is Cc1ccc(S(=O)(=O)N(CC(=O)O)C(=O)c2c3ccccc3[n+](C)c3ccccc23)cc1. The largest absolute Gasteiger partial charge is 0.480 e. The van der Waals surface area contributed by atoms with E-state index in [4.69, 9.17) is 0 Å². The molecule has 0 bridgehead atoms. The van der Waals surface area contributed by atoms with Gasteiger partial charge in [0.2, 0.25) is 11.0 Å². The molecule has 162 valence electrons. The van der Waals surface area contributed by atoms with Crippen LogP contribution in [0.5, 0.6) is 0 Å². The predicted octanol–water partition coefficient (Wildman–Crippen LogP) is 3.04. The van der Waals surface area contributed by atoms with E-state index in [1.807, 2.05) is 35.9 Å². The number of pyridine rings is 1. The van der Waals surface area contributed by atoms with E-state index < -0.39 is 28.4 Å². The second-order valence-corrected chi connectivity index (χ2v) is 9.35. The second kappa shape index (κ2) is 8.05. The molecule has 0 aliphatic heterocycles. The standard InChI is InChI=1S/C24H20N2O5S/c1-16-11-13-17(14-12-16)32(30,31)26(15-22(27)28)24(29)23-18-7-3-5-9-20(18)25(2)21-10-6-4-8-19(21)23/h3-14H,15H2,1-2H3/p+1. The highest BCUT2D eigenvalue weighted by molar-refractivity contribution is 7.89. The molecule has 7 nitrogen and oxygen atoms in total. The van der Waals surface area contributed by atoms with Gasteiger partial charge < -0.3 is 5.11 Å². The van der Waals surface area contributed by atoms with E-state index in [1.54, 1.807) is 43.3 Å². The minimum Gasteiger partial charge on any atom is -0.480 e. The Balaban J connectivity index is 2.00. The summed E-state index contributed by atoms with van der Waals surface area (Å²) < 4.78 is 29.1. The van der Waals surface area contributed by atoms with Crippen LogP contribution in [0.15, 0.2) is 77.7 Å². The van der Waals surface area contributed by atoms with Crippen LogP contribution in [-0.4, -0.2) is 36.3 Å². The summed E-state index contributed by atoms with van der Waals surface area (Å²) in [5, 5.41) is 10.5. The molecule has 0 unspecified atom stereocenters. The van der Waals surface area contributed by atoms with Gasteiger partial charge in [-0.25, -0.2) is 12.7 Å². The van der Waals surface area contributed by atoms with Gasteiger partial charge in [-0.1, -0.05) is 42.0 Å². The zero-order chi connectivity index (χ0) is 23.0. The number of hydrogen-bond acceptors (Lipinski definition) is 4. The number of carboxylic acids is 1. The Morgan fingerprint density at radius 3 is 1.88 bits per heavy atom. The molecule has 1 heterocycles. The molecule has 0 atom stereocenters. The number of sulfonamides is 1. The van der Waals surface area contributed by atoms with Gasteiger partial charge in [0, 0.05) is 12.1 Å². The lowest BCUT2D eigenvalue weighted by Crippen LogP contribution is -2.41. The van der Waals surface area contributed by atoms with Gasteiger partial charge in [0.25, 0.3) is 15.9 Å². The maximum absolute atomic E-state index is 13.8. The van der Waals surface area contributed by atoms with Gasteiger partial charge in [-0.15, -0.1) is 0 Å². The first-order chi connectivity index (χ1) is 15.2. The molecule has 32 heavy (non-hydrogen) atoms. The molecule has 4 rings (SSSR count). The van der Waals surface area contributed by atoms with Gasteiger partial charge in [-0.05, 0) is 31.2 Å². The van der Waals surface area contributed by atoms with Crippen molar-refractivity contribution in [1.29, 1.82) is 0 Å². The number of nitrogens with zero attached hydrogens (tertiary/aromatic N) is 2. The van der Waals surface area contributed by atoms with E-state index in [1.165, 1.54) is 12.1 Å². The van der Waals surface area contributed by atoms with E-state index >= 15 is 0 Å². The molecule has 3 aromatic carbocycles. The molecular weight excluding hydrogens is 428 g/mol. The topological polar surface area (TPSA) is 95.6 Å². The number of fused-ring (bicyclic) bond motifs is 2. The quantitative estimate of drug-likeness (QED) is 0.373. The van der Waals surface area contributed by atoms with Gasteiger partial charge in [0.15, 0.2) is 0 Å². The number of aromatic nitrogens is 1. The van der Waals surface area contributed by atoms with Crippen molar-refractivity contribution in [2.75, 3.05) is 6.54 Å². The summed E-state index contributed by atoms with van der Waals surface area (Å²) in [6.07, 6.45) is 0. The van der Waals surface area contributed by atoms with Gasteiger partial charge in [0.1, 0.15) is 13.6 Å². The van der Waals surface area contributed by atoms with E-state index in [0.717, 1.165) is 16.6 Å². The van der Waals surface area contributed by atoms with Gasteiger partial charge >= 0.3 is 5.97 Å². The number of hydrogen-bond donors (Lipinski definition) is 1. The Labute approximate surface area is 185 Å². The van der Waals surface area contributed by atoms with Gasteiger partial charge in [-0.3, -0.25) is 9.59 Å². The Morgan fingerprint density at radius 1 is 0.875 bits per heavy atom. The average molecular weight is 450 g/mol. The smallest absolute Gasteiger partial charge is 0.324 e. The molecule has 0 aliphatic rings. The van der Waals surface area contributed by atoms with Gasteiger partial charge in [-0.2, -0.15) is 4.57 Å². The maximum Gasteiger partial charge on any atom is 0.324 e. The van der Waals surface area contributed by atoms with Crippen molar-refractivity contribution in [3.05, 3.63) is 83.9 Å². The Morgan fingerprint density at radius 2 is 1.38 bits per heavy atom. The first-order valence-corrected chi connectivity index (χ1v) is 11.3. The zero-order valence-electron chi connectivity index (χ0n) is 17.5. The van der Waals surface area contributed by atoms with Crippen LogP contribution in [0, 0.1) is 6.92 Å². The summed E-state index contributed by atoms with van der Waals surface area (Å²) in [5.74, 6) is -2.31. The molecule has 0 saturated carbocycles. The molecule has 1 aromatic heterocycles. The van der Waals surface area contributed by atoms with Crippen molar-refractivity contribution < 1.29 is 27.7 Å². The zero-order valence-corrected chi connectivity index (χ0v) is 18.3. The van der Waals surface area contributed by atoms with E-state index in [0.29, 0.717) is 15.1 Å².